The monoisotopic (exact) mass is 395 g/mol. The van der Waals surface area contributed by atoms with Crippen molar-refractivity contribution in [1.82, 2.24) is 15.1 Å². The molecule has 0 saturated carbocycles. The number of para-hydroxylation sites is 1. The summed E-state index contributed by atoms with van der Waals surface area (Å²) in [5.74, 6) is 0.133. The molecule has 28 heavy (non-hydrogen) atoms. The molecule has 0 aliphatic heterocycles. The van der Waals surface area contributed by atoms with Crippen molar-refractivity contribution in [3.8, 4) is 11.4 Å². The first-order valence-corrected chi connectivity index (χ1v) is 9.67. The van der Waals surface area contributed by atoms with Gasteiger partial charge in [-0.15, -0.1) is 0 Å². The summed E-state index contributed by atoms with van der Waals surface area (Å²) < 4.78 is 10.3. The largest absolute Gasteiger partial charge is 0.457 e. The second-order valence-corrected chi connectivity index (χ2v) is 7.06. The van der Waals surface area contributed by atoms with Crippen LogP contribution in [0.5, 0.6) is 0 Å². The van der Waals surface area contributed by atoms with Crippen molar-refractivity contribution in [2.24, 2.45) is 0 Å². The first kappa shape index (κ1) is 18.1. The van der Waals surface area contributed by atoms with E-state index in [9.17, 15) is 9.59 Å². The van der Waals surface area contributed by atoms with Gasteiger partial charge in [0, 0.05) is 39.5 Å². The Hall–Kier alpha value is -3.26. The van der Waals surface area contributed by atoms with Gasteiger partial charge in [0.2, 0.25) is 17.5 Å². The molecule has 0 radical (unpaired) electrons. The van der Waals surface area contributed by atoms with E-state index in [1.807, 2.05) is 48.0 Å². The van der Waals surface area contributed by atoms with Crippen molar-refractivity contribution < 1.29 is 18.8 Å². The van der Waals surface area contributed by atoms with E-state index in [0.717, 1.165) is 22.2 Å². The highest BCUT2D eigenvalue weighted by Gasteiger charge is 2.18. The fourth-order valence-electron chi connectivity index (χ4n) is 3.00. The van der Waals surface area contributed by atoms with Crippen LogP contribution in [0.4, 0.5) is 0 Å². The number of thiophene rings is 1. The number of carbonyl (C=O) groups excluding carboxylic acids is 2. The number of nitrogens with zero attached hydrogens (tertiary/aromatic N) is 2. The summed E-state index contributed by atoms with van der Waals surface area (Å²) in [5, 5.41) is 8.56. The summed E-state index contributed by atoms with van der Waals surface area (Å²) >= 11 is 1.54. The Kier molecular flexibility index (Phi) is 5.03. The molecule has 1 N–H and O–H groups in total. The quantitative estimate of drug-likeness (QED) is 0.376. The van der Waals surface area contributed by atoms with E-state index in [2.05, 4.69) is 15.1 Å². The van der Waals surface area contributed by atoms with Gasteiger partial charge in [0.25, 0.3) is 0 Å². The Labute approximate surface area is 164 Å². The van der Waals surface area contributed by atoms with Crippen LogP contribution >= 0.6 is 11.3 Å². The zero-order valence-electron chi connectivity index (χ0n) is 15.1. The lowest BCUT2D eigenvalue weighted by atomic mass is 10.1. The van der Waals surface area contributed by atoms with E-state index >= 15 is 0 Å². The maximum absolute atomic E-state index is 12.5. The number of hydrogen-bond donors (Lipinski definition) is 1. The van der Waals surface area contributed by atoms with E-state index in [-0.39, 0.29) is 25.2 Å². The number of Topliss-reactive ketones (excluding diaryl/α,β-unsaturated/α-hetero) is 1. The van der Waals surface area contributed by atoms with E-state index in [1.165, 1.54) is 0 Å². The van der Waals surface area contributed by atoms with Crippen LogP contribution in [0.15, 0.2) is 45.6 Å². The average molecular weight is 395 g/mol. The minimum Gasteiger partial charge on any atom is -0.457 e. The molecular weight excluding hydrogens is 378 g/mol. The van der Waals surface area contributed by atoms with Crippen molar-refractivity contribution in [2.45, 2.75) is 19.8 Å². The fraction of sp³-hybridized carbons (Fsp3) is 0.200. The molecule has 0 fully saturated rings. The Morgan fingerprint density at radius 3 is 2.93 bits per heavy atom. The number of esters is 1. The van der Waals surface area contributed by atoms with E-state index in [4.69, 9.17) is 9.26 Å². The molecule has 1 aromatic carbocycles. The number of aromatic nitrogens is 3. The zero-order chi connectivity index (χ0) is 19.5. The van der Waals surface area contributed by atoms with Gasteiger partial charge in [-0.1, -0.05) is 23.4 Å². The lowest BCUT2D eigenvalue weighted by Crippen LogP contribution is -2.15. The van der Waals surface area contributed by atoms with Crippen LogP contribution in [-0.4, -0.2) is 33.5 Å². The Bertz CT molecular complexity index is 1130. The number of ketones is 1. The maximum atomic E-state index is 12.5. The SMILES string of the molecule is Cc1[nH]c2ccccc2c1C(=O)COC(=O)CCc1nc(-c2ccsc2)no1. The van der Waals surface area contributed by atoms with Gasteiger partial charge >= 0.3 is 5.97 Å². The van der Waals surface area contributed by atoms with Crippen LogP contribution in [0, 0.1) is 6.92 Å². The summed E-state index contributed by atoms with van der Waals surface area (Å²) in [6.45, 7) is 1.53. The van der Waals surface area contributed by atoms with Crippen molar-refractivity contribution in [3.05, 3.63) is 58.2 Å². The number of benzene rings is 1. The van der Waals surface area contributed by atoms with Crippen LogP contribution in [0.25, 0.3) is 22.3 Å². The van der Waals surface area contributed by atoms with Crippen LogP contribution in [-0.2, 0) is 16.0 Å². The average Bonchev–Trinajstić information content (AvgIpc) is 3.42. The molecule has 0 aliphatic carbocycles. The molecule has 3 aromatic heterocycles. The van der Waals surface area contributed by atoms with E-state index in [1.54, 1.807) is 11.3 Å². The Morgan fingerprint density at radius 2 is 2.11 bits per heavy atom. The topological polar surface area (TPSA) is 98.1 Å². The van der Waals surface area contributed by atoms with Crippen LogP contribution in [0.2, 0.25) is 0 Å². The summed E-state index contributed by atoms with van der Waals surface area (Å²) in [5.41, 5.74) is 3.07. The predicted molar refractivity (Wildman–Crippen MR) is 104 cm³/mol. The molecule has 4 rings (SSSR count). The zero-order valence-corrected chi connectivity index (χ0v) is 15.9. The van der Waals surface area contributed by atoms with Crippen molar-refractivity contribution in [2.75, 3.05) is 6.61 Å². The van der Waals surface area contributed by atoms with Crippen LogP contribution < -0.4 is 0 Å². The molecule has 0 saturated heterocycles. The molecule has 3 heterocycles. The molecule has 4 aromatic rings. The highest BCUT2D eigenvalue weighted by atomic mass is 32.1. The standard InChI is InChI=1S/C20H17N3O4S/c1-12-19(14-4-2-3-5-15(14)21-12)16(24)10-26-18(25)7-6-17-22-20(23-27-17)13-8-9-28-11-13/h2-5,8-9,11,21H,6-7,10H2,1H3. The summed E-state index contributed by atoms with van der Waals surface area (Å²) in [4.78, 5) is 31.9. The minimum atomic E-state index is -0.485. The molecular formula is C20H17N3O4S. The highest BCUT2D eigenvalue weighted by Crippen LogP contribution is 2.22. The number of nitrogens with one attached hydrogen (secondary N) is 1. The number of ether oxygens (including phenoxy) is 1. The molecule has 8 heteroatoms. The molecule has 0 aliphatic rings. The van der Waals surface area contributed by atoms with Gasteiger partial charge in [0.1, 0.15) is 0 Å². The second-order valence-electron chi connectivity index (χ2n) is 6.28. The Balaban J connectivity index is 1.32. The summed E-state index contributed by atoms with van der Waals surface area (Å²) in [6, 6.07) is 9.43. The molecule has 0 bridgehead atoms. The summed E-state index contributed by atoms with van der Waals surface area (Å²) in [6.07, 6.45) is 0.321. The minimum absolute atomic E-state index is 0.0609. The van der Waals surface area contributed by atoms with Gasteiger partial charge in [0.15, 0.2) is 6.61 Å². The van der Waals surface area contributed by atoms with E-state index in [0.29, 0.717) is 17.3 Å². The number of aromatic amines is 1. The number of carbonyl (C=O) groups is 2. The molecule has 0 amide bonds. The Morgan fingerprint density at radius 1 is 1.25 bits per heavy atom. The van der Waals surface area contributed by atoms with Gasteiger partial charge in [-0.3, -0.25) is 9.59 Å². The number of H-pyrrole nitrogens is 1. The third-order valence-electron chi connectivity index (χ3n) is 4.33. The smallest absolute Gasteiger partial charge is 0.306 e. The van der Waals surface area contributed by atoms with Gasteiger partial charge in [-0.2, -0.15) is 16.3 Å². The highest BCUT2D eigenvalue weighted by molar-refractivity contribution is 7.08. The van der Waals surface area contributed by atoms with Crippen molar-refractivity contribution in [3.63, 3.8) is 0 Å². The molecule has 0 spiro atoms. The molecule has 0 atom stereocenters. The molecule has 142 valence electrons. The van der Waals surface area contributed by atoms with Crippen LogP contribution in [0.1, 0.15) is 28.4 Å². The summed E-state index contributed by atoms with van der Waals surface area (Å²) in [7, 11) is 0. The first-order valence-electron chi connectivity index (χ1n) is 8.73. The third kappa shape index (κ3) is 3.72. The fourth-order valence-corrected chi connectivity index (χ4v) is 3.64. The number of aryl methyl sites for hydroxylation is 2. The molecule has 0 unspecified atom stereocenters. The molecule has 7 nitrogen and oxygen atoms in total. The second kappa shape index (κ2) is 7.77. The first-order chi connectivity index (χ1) is 13.6. The van der Waals surface area contributed by atoms with Gasteiger partial charge in [0.05, 0.1) is 6.42 Å². The number of hydrogen-bond acceptors (Lipinski definition) is 7. The van der Waals surface area contributed by atoms with Gasteiger partial charge < -0.3 is 14.2 Å². The van der Waals surface area contributed by atoms with Crippen molar-refractivity contribution in [1.29, 1.82) is 0 Å². The predicted octanol–water partition coefficient (Wildman–Crippen LogP) is 3.95. The number of rotatable bonds is 7. The lowest BCUT2D eigenvalue weighted by Gasteiger charge is -2.04. The number of fused-ring (bicyclic) bond motifs is 1. The van der Waals surface area contributed by atoms with Crippen LogP contribution in [0.3, 0.4) is 0 Å². The van der Waals surface area contributed by atoms with E-state index < -0.39 is 5.97 Å². The lowest BCUT2D eigenvalue weighted by molar-refractivity contribution is -0.142. The maximum Gasteiger partial charge on any atom is 0.306 e. The van der Waals surface area contributed by atoms with Gasteiger partial charge in [-0.05, 0) is 24.4 Å². The normalized spacial score (nSPS) is 11.0. The van der Waals surface area contributed by atoms with Gasteiger partial charge in [-0.25, -0.2) is 0 Å². The third-order valence-corrected chi connectivity index (χ3v) is 5.01. The van der Waals surface area contributed by atoms with Crippen molar-refractivity contribution >= 4 is 34.0 Å².